The van der Waals surface area contributed by atoms with Gasteiger partial charge in [-0.2, -0.15) is 11.8 Å². The zero-order valence-corrected chi connectivity index (χ0v) is 11.3. The fourth-order valence-electron chi connectivity index (χ4n) is 2.19. The molecule has 4 nitrogen and oxygen atoms in total. The first-order valence-corrected chi connectivity index (χ1v) is 7.36. The van der Waals surface area contributed by atoms with Crippen molar-refractivity contribution in [2.75, 3.05) is 19.3 Å². The number of nitrogens with zero attached hydrogens (tertiary/aromatic N) is 1. The van der Waals surface area contributed by atoms with E-state index in [1.807, 2.05) is 18.1 Å². The number of aliphatic carboxylic acids is 1. The third-order valence-corrected chi connectivity index (χ3v) is 4.21. The van der Waals surface area contributed by atoms with Crippen LogP contribution in [0.5, 0.6) is 0 Å². The van der Waals surface area contributed by atoms with E-state index in [9.17, 15) is 9.59 Å². The van der Waals surface area contributed by atoms with Crippen molar-refractivity contribution in [3.05, 3.63) is 0 Å². The molecule has 2 atom stereocenters. The monoisotopic (exact) mass is 259 g/mol. The van der Waals surface area contributed by atoms with Crippen molar-refractivity contribution in [1.82, 2.24) is 4.90 Å². The van der Waals surface area contributed by atoms with Gasteiger partial charge in [0.05, 0.1) is 5.25 Å². The minimum Gasteiger partial charge on any atom is -0.481 e. The van der Waals surface area contributed by atoms with Gasteiger partial charge in [0.25, 0.3) is 0 Å². The third kappa shape index (κ3) is 4.58. The maximum absolute atomic E-state index is 12.0. The van der Waals surface area contributed by atoms with Crippen LogP contribution in [-0.2, 0) is 9.59 Å². The Labute approximate surface area is 107 Å². The molecule has 1 aliphatic heterocycles. The van der Waals surface area contributed by atoms with Crippen LogP contribution >= 0.6 is 11.8 Å². The van der Waals surface area contributed by atoms with Gasteiger partial charge >= 0.3 is 5.97 Å². The van der Waals surface area contributed by atoms with Crippen LogP contribution in [0.2, 0.25) is 0 Å². The van der Waals surface area contributed by atoms with Gasteiger partial charge in [-0.3, -0.25) is 9.59 Å². The molecule has 1 fully saturated rings. The average Bonchev–Trinajstić information content (AvgIpc) is 2.34. The Kier molecular flexibility index (Phi) is 5.82. The normalized spacial score (nSPS) is 22.2. The second-order valence-corrected chi connectivity index (χ2v) is 5.78. The van der Waals surface area contributed by atoms with E-state index in [0.717, 1.165) is 25.9 Å². The number of amides is 1. The highest BCUT2D eigenvalue weighted by Crippen LogP contribution is 2.22. The molecule has 0 spiro atoms. The van der Waals surface area contributed by atoms with Crippen LogP contribution in [0, 0.1) is 5.92 Å². The number of hydrogen-bond acceptors (Lipinski definition) is 3. The lowest BCUT2D eigenvalue weighted by Gasteiger charge is -2.34. The van der Waals surface area contributed by atoms with E-state index in [1.54, 1.807) is 11.8 Å². The van der Waals surface area contributed by atoms with Crippen molar-refractivity contribution in [1.29, 1.82) is 0 Å². The van der Waals surface area contributed by atoms with E-state index >= 15 is 0 Å². The molecular weight excluding hydrogens is 238 g/mol. The fraction of sp³-hybridized carbons (Fsp3) is 0.833. The predicted octanol–water partition coefficient (Wildman–Crippen LogP) is 1.84. The molecule has 98 valence electrons. The number of piperidine rings is 1. The molecule has 1 aliphatic rings. The standard InChI is InChI=1S/C12H21NO3S/c1-9(17-2)12(16)13-7-3-4-10(8-13)5-6-11(14)15/h9-10H,3-8H2,1-2H3,(H,14,15)/t9-,10+/m1/s1. The van der Waals surface area contributed by atoms with Crippen molar-refractivity contribution >= 4 is 23.6 Å². The Balaban J connectivity index is 2.43. The second kappa shape index (κ2) is 6.89. The lowest BCUT2D eigenvalue weighted by atomic mass is 9.93. The summed E-state index contributed by atoms with van der Waals surface area (Å²) in [6.45, 7) is 3.48. The number of hydrogen-bond donors (Lipinski definition) is 1. The highest BCUT2D eigenvalue weighted by Gasteiger charge is 2.26. The van der Waals surface area contributed by atoms with E-state index in [-0.39, 0.29) is 17.6 Å². The molecule has 0 aromatic carbocycles. The van der Waals surface area contributed by atoms with Crippen LogP contribution < -0.4 is 0 Å². The van der Waals surface area contributed by atoms with Gasteiger partial charge in [0, 0.05) is 19.5 Å². The molecule has 0 aliphatic carbocycles. The minimum absolute atomic E-state index is 0.00761. The topological polar surface area (TPSA) is 57.6 Å². The maximum atomic E-state index is 12.0. The molecule has 17 heavy (non-hydrogen) atoms. The summed E-state index contributed by atoms with van der Waals surface area (Å²) in [5.74, 6) is -0.193. The molecule has 5 heteroatoms. The Hall–Kier alpha value is -0.710. The van der Waals surface area contributed by atoms with E-state index in [0.29, 0.717) is 12.3 Å². The number of carbonyl (C=O) groups is 2. The molecule has 1 saturated heterocycles. The summed E-state index contributed by atoms with van der Waals surface area (Å²) < 4.78 is 0. The SMILES string of the molecule is CS[C@H](C)C(=O)N1CCC[C@@H](CCC(=O)O)C1. The lowest BCUT2D eigenvalue weighted by molar-refractivity contribution is -0.137. The van der Waals surface area contributed by atoms with Crippen LogP contribution in [0.1, 0.15) is 32.6 Å². The van der Waals surface area contributed by atoms with Crippen molar-refractivity contribution in [3.8, 4) is 0 Å². The molecule has 0 unspecified atom stereocenters. The molecule has 1 rings (SSSR count). The first-order valence-electron chi connectivity index (χ1n) is 6.08. The summed E-state index contributed by atoms with van der Waals surface area (Å²) >= 11 is 1.56. The Morgan fingerprint density at radius 3 is 2.82 bits per heavy atom. The number of rotatable bonds is 5. The second-order valence-electron chi connectivity index (χ2n) is 4.60. The summed E-state index contributed by atoms with van der Waals surface area (Å²) in [7, 11) is 0. The molecule has 0 radical (unpaired) electrons. The Bertz CT molecular complexity index is 283. The summed E-state index contributed by atoms with van der Waals surface area (Å²) in [6, 6.07) is 0. The third-order valence-electron chi connectivity index (χ3n) is 3.30. The number of carbonyl (C=O) groups excluding carboxylic acids is 1. The van der Waals surface area contributed by atoms with Crippen molar-refractivity contribution in [3.63, 3.8) is 0 Å². The van der Waals surface area contributed by atoms with Crippen molar-refractivity contribution in [2.24, 2.45) is 5.92 Å². The summed E-state index contributed by atoms with van der Waals surface area (Å²) in [4.78, 5) is 24.4. The van der Waals surface area contributed by atoms with Gasteiger partial charge in [0.1, 0.15) is 0 Å². The quantitative estimate of drug-likeness (QED) is 0.818. The summed E-state index contributed by atoms with van der Waals surface area (Å²) in [5.41, 5.74) is 0. The van der Waals surface area contributed by atoms with Crippen LogP contribution in [0.4, 0.5) is 0 Å². The minimum atomic E-state index is -0.745. The van der Waals surface area contributed by atoms with Crippen LogP contribution in [0.25, 0.3) is 0 Å². The van der Waals surface area contributed by atoms with E-state index in [4.69, 9.17) is 5.11 Å². The van der Waals surface area contributed by atoms with Gasteiger partial charge in [-0.15, -0.1) is 0 Å². The number of thioether (sulfide) groups is 1. The van der Waals surface area contributed by atoms with Gasteiger partial charge < -0.3 is 10.0 Å². The van der Waals surface area contributed by atoms with Crippen LogP contribution in [0.3, 0.4) is 0 Å². The lowest BCUT2D eigenvalue weighted by Crippen LogP contribution is -2.43. The molecule has 0 aromatic rings. The molecular formula is C12H21NO3S. The number of carboxylic acid groups (broad SMARTS) is 1. The molecule has 0 bridgehead atoms. The van der Waals surface area contributed by atoms with Crippen LogP contribution in [0.15, 0.2) is 0 Å². The average molecular weight is 259 g/mol. The summed E-state index contributed by atoms with van der Waals surface area (Å²) in [5, 5.41) is 8.67. The van der Waals surface area contributed by atoms with Gasteiger partial charge in [-0.1, -0.05) is 0 Å². The largest absolute Gasteiger partial charge is 0.481 e. The smallest absolute Gasteiger partial charge is 0.303 e. The summed E-state index contributed by atoms with van der Waals surface area (Å²) in [6.07, 6.45) is 4.88. The Morgan fingerprint density at radius 2 is 2.24 bits per heavy atom. The number of carboxylic acids is 1. The predicted molar refractivity (Wildman–Crippen MR) is 69.2 cm³/mol. The van der Waals surface area contributed by atoms with Gasteiger partial charge in [-0.25, -0.2) is 0 Å². The van der Waals surface area contributed by atoms with E-state index < -0.39 is 5.97 Å². The van der Waals surface area contributed by atoms with Crippen molar-refractivity contribution < 1.29 is 14.7 Å². The zero-order chi connectivity index (χ0) is 12.8. The Morgan fingerprint density at radius 1 is 1.53 bits per heavy atom. The van der Waals surface area contributed by atoms with Crippen LogP contribution in [-0.4, -0.2) is 46.5 Å². The molecule has 0 saturated carbocycles. The first-order chi connectivity index (χ1) is 8.04. The van der Waals surface area contributed by atoms with E-state index in [1.165, 1.54) is 0 Å². The number of likely N-dealkylation sites (tertiary alicyclic amines) is 1. The zero-order valence-electron chi connectivity index (χ0n) is 10.5. The van der Waals surface area contributed by atoms with Gasteiger partial charge in [0.15, 0.2) is 0 Å². The first kappa shape index (κ1) is 14.4. The molecule has 1 N–H and O–H groups in total. The molecule has 0 aromatic heterocycles. The van der Waals surface area contributed by atoms with E-state index in [2.05, 4.69) is 0 Å². The van der Waals surface area contributed by atoms with Crippen molar-refractivity contribution in [2.45, 2.75) is 37.9 Å². The maximum Gasteiger partial charge on any atom is 0.303 e. The fourth-order valence-corrected chi connectivity index (χ4v) is 2.54. The highest BCUT2D eigenvalue weighted by atomic mass is 32.2. The molecule has 1 amide bonds. The molecule has 1 heterocycles. The highest BCUT2D eigenvalue weighted by molar-refractivity contribution is 7.99. The van der Waals surface area contributed by atoms with Gasteiger partial charge in [0.2, 0.25) is 5.91 Å². The van der Waals surface area contributed by atoms with Gasteiger partial charge in [-0.05, 0) is 38.4 Å².